The van der Waals surface area contributed by atoms with Crippen LogP contribution < -0.4 is 5.73 Å². The van der Waals surface area contributed by atoms with Crippen LogP contribution in [0.25, 0.3) is 22.2 Å². The van der Waals surface area contributed by atoms with Crippen molar-refractivity contribution in [1.82, 2.24) is 24.5 Å². The minimum atomic E-state index is -4.69. The van der Waals surface area contributed by atoms with E-state index in [4.69, 9.17) is 5.73 Å². The number of allylic oxidation sites excluding steroid dienone is 1. The van der Waals surface area contributed by atoms with Crippen LogP contribution >= 0.6 is 0 Å². The molecule has 0 bridgehead atoms. The summed E-state index contributed by atoms with van der Waals surface area (Å²) in [6.45, 7) is 5.56. The molecule has 2 N–H and O–H groups in total. The molecule has 3 aromatic heterocycles. The van der Waals surface area contributed by atoms with Gasteiger partial charge in [0.05, 0.1) is 17.1 Å². The third-order valence-electron chi connectivity index (χ3n) is 4.21. The van der Waals surface area contributed by atoms with Gasteiger partial charge in [-0.05, 0) is 6.92 Å². The largest absolute Gasteiger partial charge is 0.451 e. The molecule has 1 unspecified atom stereocenters. The average molecular weight is 401 g/mol. The Morgan fingerprint density at radius 3 is 2.48 bits per heavy atom. The number of rotatable bonds is 4. The average Bonchev–Trinajstić information content (AvgIpc) is 3.02. The Labute approximate surface area is 162 Å². The first-order valence-corrected chi connectivity index (χ1v) is 8.13. The molecule has 0 radical (unpaired) electrons. The van der Waals surface area contributed by atoms with Gasteiger partial charge in [-0.2, -0.15) is 28.7 Å². The number of azo groups is 1. The zero-order valence-electron chi connectivity index (χ0n) is 15.3. The van der Waals surface area contributed by atoms with Crippen molar-refractivity contribution in [2.45, 2.75) is 19.1 Å². The molecular weight excluding hydrogens is 387 g/mol. The van der Waals surface area contributed by atoms with Crippen molar-refractivity contribution < 1.29 is 13.2 Å². The lowest BCUT2D eigenvalue weighted by Crippen LogP contribution is -2.11. The standard InChI is InChI=1S/C17H14F3N9/c1-8(28-23-3)9(2)29-11(4-21)12(13-14(22)26-7-27-15(13)29)10-5-24-16(25-6-10)17(18,19)20/h5-7,9H,1H2,2-3H3,(H2,22,26,27). The zero-order valence-corrected chi connectivity index (χ0v) is 15.3. The van der Waals surface area contributed by atoms with Crippen molar-refractivity contribution in [3.63, 3.8) is 0 Å². The van der Waals surface area contributed by atoms with Gasteiger partial charge in [0.1, 0.15) is 29.6 Å². The lowest BCUT2D eigenvalue weighted by molar-refractivity contribution is -0.144. The number of nitrogens with zero attached hydrogens (tertiary/aromatic N) is 8. The highest BCUT2D eigenvalue weighted by atomic mass is 19.4. The summed E-state index contributed by atoms with van der Waals surface area (Å²) < 4.78 is 39.9. The van der Waals surface area contributed by atoms with Gasteiger partial charge in [0, 0.05) is 30.6 Å². The molecule has 3 rings (SSSR count). The summed E-state index contributed by atoms with van der Waals surface area (Å²) in [4.78, 5) is 14.9. The fraction of sp³-hybridized carbons (Fsp3) is 0.235. The Kier molecular flexibility index (Phi) is 4.98. The molecule has 0 aliphatic carbocycles. The maximum absolute atomic E-state index is 12.8. The summed E-state index contributed by atoms with van der Waals surface area (Å²) in [5.41, 5.74) is 7.11. The molecule has 12 heteroatoms. The van der Waals surface area contributed by atoms with Gasteiger partial charge in [-0.15, -0.1) is 0 Å². The summed E-state index contributed by atoms with van der Waals surface area (Å²) >= 11 is 0. The first kappa shape index (κ1) is 19.9. The highest BCUT2D eigenvalue weighted by Gasteiger charge is 2.35. The van der Waals surface area contributed by atoms with E-state index in [2.05, 4.69) is 42.8 Å². The molecule has 29 heavy (non-hydrogen) atoms. The highest BCUT2D eigenvalue weighted by Crippen LogP contribution is 2.39. The third-order valence-corrected chi connectivity index (χ3v) is 4.21. The topological polar surface area (TPSA) is 131 Å². The van der Waals surface area contributed by atoms with E-state index in [0.717, 1.165) is 12.4 Å². The molecular formula is C17H14F3N9. The van der Waals surface area contributed by atoms with Crippen molar-refractivity contribution in [2.75, 3.05) is 12.8 Å². The van der Waals surface area contributed by atoms with Gasteiger partial charge >= 0.3 is 6.18 Å². The van der Waals surface area contributed by atoms with Crippen LogP contribution in [0, 0.1) is 11.3 Å². The summed E-state index contributed by atoms with van der Waals surface area (Å²) in [7, 11) is 1.47. The van der Waals surface area contributed by atoms with Crippen molar-refractivity contribution in [2.24, 2.45) is 10.2 Å². The molecule has 3 heterocycles. The lowest BCUT2D eigenvalue weighted by Gasteiger charge is -2.15. The summed E-state index contributed by atoms with van der Waals surface area (Å²) in [6.07, 6.45) is -1.51. The number of anilines is 1. The Morgan fingerprint density at radius 1 is 1.28 bits per heavy atom. The first-order chi connectivity index (χ1) is 13.7. The van der Waals surface area contributed by atoms with Crippen molar-refractivity contribution in [1.29, 1.82) is 5.26 Å². The van der Waals surface area contributed by atoms with E-state index in [1.807, 2.05) is 0 Å². The minimum absolute atomic E-state index is 0.0510. The number of nitrogen functional groups attached to an aromatic ring is 1. The Balaban J connectivity index is 2.33. The van der Waals surface area contributed by atoms with Crippen LogP contribution in [-0.4, -0.2) is 31.6 Å². The molecule has 3 aromatic rings. The highest BCUT2D eigenvalue weighted by molar-refractivity contribution is 6.03. The molecule has 0 saturated heterocycles. The molecule has 0 fully saturated rings. The Morgan fingerprint density at radius 2 is 1.93 bits per heavy atom. The van der Waals surface area contributed by atoms with Crippen LogP contribution in [0.3, 0.4) is 0 Å². The van der Waals surface area contributed by atoms with E-state index < -0.39 is 18.0 Å². The van der Waals surface area contributed by atoms with E-state index in [9.17, 15) is 18.4 Å². The monoisotopic (exact) mass is 401 g/mol. The molecule has 1 atom stereocenters. The van der Waals surface area contributed by atoms with Crippen molar-refractivity contribution >= 4 is 16.9 Å². The second-order valence-electron chi connectivity index (χ2n) is 5.92. The number of nitrogens with two attached hydrogens (primary N) is 1. The normalized spacial score (nSPS) is 13.0. The van der Waals surface area contributed by atoms with Crippen molar-refractivity contribution in [3.05, 3.63) is 42.5 Å². The number of hydrogen-bond acceptors (Lipinski definition) is 8. The lowest BCUT2D eigenvalue weighted by atomic mass is 10.1. The maximum Gasteiger partial charge on any atom is 0.451 e. The van der Waals surface area contributed by atoms with Crippen LogP contribution in [0.4, 0.5) is 19.0 Å². The van der Waals surface area contributed by atoms with Crippen LogP contribution in [0.5, 0.6) is 0 Å². The smallest absolute Gasteiger partial charge is 0.383 e. The van der Waals surface area contributed by atoms with Crippen LogP contribution in [0.2, 0.25) is 0 Å². The van der Waals surface area contributed by atoms with Gasteiger partial charge in [0.2, 0.25) is 5.82 Å². The van der Waals surface area contributed by atoms with Gasteiger partial charge in [0.15, 0.2) is 0 Å². The minimum Gasteiger partial charge on any atom is -0.383 e. The number of hydrogen-bond donors (Lipinski definition) is 1. The maximum atomic E-state index is 12.8. The summed E-state index contributed by atoms with van der Waals surface area (Å²) in [5, 5.41) is 17.7. The fourth-order valence-corrected chi connectivity index (χ4v) is 2.89. The van der Waals surface area contributed by atoms with Gasteiger partial charge in [-0.25, -0.2) is 19.9 Å². The Hall–Kier alpha value is -3.88. The molecule has 0 aromatic carbocycles. The molecule has 0 saturated carbocycles. The molecule has 9 nitrogen and oxygen atoms in total. The van der Waals surface area contributed by atoms with Crippen LogP contribution in [-0.2, 0) is 6.18 Å². The predicted octanol–water partition coefficient (Wildman–Crippen LogP) is 3.52. The number of fused-ring (bicyclic) bond motifs is 1. The van der Waals surface area contributed by atoms with Gasteiger partial charge < -0.3 is 10.3 Å². The molecule has 0 aliphatic heterocycles. The SMILES string of the molecule is C=C(N=NC)C(C)n1c(C#N)c(-c2cnc(C(F)(F)F)nc2)c2c(N)ncnc21. The van der Waals surface area contributed by atoms with Gasteiger partial charge in [-0.1, -0.05) is 6.58 Å². The van der Waals surface area contributed by atoms with E-state index in [-0.39, 0.29) is 22.6 Å². The Bertz CT molecular complexity index is 1150. The number of alkyl halides is 3. The number of nitriles is 1. The van der Waals surface area contributed by atoms with Gasteiger partial charge in [-0.3, -0.25) is 0 Å². The number of halogens is 3. The quantitative estimate of drug-likeness (QED) is 0.666. The van der Waals surface area contributed by atoms with Crippen molar-refractivity contribution in [3.8, 4) is 17.2 Å². The third kappa shape index (κ3) is 3.38. The van der Waals surface area contributed by atoms with E-state index in [1.54, 1.807) is 6.92 Å². The molecule has 148 valence electrons. The fourth-order valence-electron chi connectivity index (χ4n) is 2.89. The predicted molar refractivity (Wildman–Crippen MR) is 97.3 cm³/mol. The molecule has 0 amide bonds. The second kappa shape index (κ2) is 7.27. The van der Waals surface area contributed by atoms with E-state index in [0.29, 0.717) is 16.7 Å². The molecule has 0 aliphatic rings. The first-order valence-electron chi connectivity index (χ1n) is 8.13. The second-order valence-corrected chi connectivity index (χ2v) is 5.92. The number of aromatic nitrogens is 5. The van der Waals surface area contributed by atoms with Crippen LogP contribution in [0.1, 0.15) is 24.5 Å². The van der Waals surface area contributed by atoms with E-state index >= 15 is 0 Å². The summed E-state index contributed by atoms with van der Waals surface area (Å²) in [5.74, 6) is -1.24. The van der Waals surface area contributed by atoms with Gasteiger partial charge in [0.25, 0.3) is 0 Å². The molecule has 0 spiro atoms. The summed E-state index contributed by atoms with van der Waals surface area (Å²) in [6, 6.07) is 1.50. The zero-order chi connectivity index (χ0) is 21.3. The van der Waals surface area contributed by atoms with E-state index in [1.165, 1.54) is 17.9 Å². The van der Waals surface area contributed by atoms with Crippen LogP contribution in [0.15, 0.2) is 41.2 Å².